The molecule has 2 rings (SSSR count). The van der Waals surface area contributed by atoms with Crippen molar-refractivity contribution in [2.45, 2.75) is 13.8 Å². The number of hydrogen-bond donors (Lipinski definition) is 2. The van der Waals surface area contributed by atoms with Crippen molar-refractivity contribution < 1.29 is 9.21 Å². The number of nitrogens with zero attached hydrogens (tertiary/aromatic N) is 1. The highest BCUT2D eigenvalue weighted by Gasteiger charge is 2.11. The van der Waals surface area contributed by atoms with Crippen LogP contribution >= 0.6 is 0 Å². The van der Waals surface area contributed by atoms with E-state index in [-0.39, 0.29) is 5.91 Å². The maximum atomic E-state index is 12.0. The number of aryl methyl sites for hydroxylation is 1. The highest BCUT2D eigenvalue weighted by atomic mass is 16.3. The van der Waals surface area contributed by atoms with Gasteiger partial charge in [-0.3, -0.25) is 4.79 Å². The van der Waals surface area contributed by atoms with Crippen LogP contribution < -0.4 is 10.6 Å². The molecule has 2 N–H and O–H groups in total. The minimum absolute atomic E-state index is 0.0982. The van der Waals surface area contributed by atoms with Crippen LogP contribution in [0.3, 0.4) is 0 Å². The second-order valence-corrected chi connectivity index (χ2v) is 4.42. The molecule has 0 aliphatic rings. The quantitative estimate of drug-likeness (QED) is 0.790. The molecule has 20 heavy (non-hydrogen) atoms. The van der Waals surface area contributed by atoms with E-state index >= 15 is 0 Å². The predicted octanol–water partition coefficient (Wildman–Crippen LogP) is 1.99. The molecule has 0 saturated heterocycles. The Morgan fingerprint density at radius 1 is 1.30 bits per heavy atom. The molecular formula is C15H19N3O2. The van der Waals surface area contributed by atoms with Crippen LogP contribution in [0.5, 0.6) is 0 Å². The molecular weight excluding hydrogens is 254 g/mol. The normalized spacial score (nSPS) is 10.5. The average Bonchev–Trinajstić information content (AvgIpc) is 2.97. The van der Waals surface area contributed by atoms with Crippen molar-refractivity contribution in [2.24, 2.45) is 0 Å². The third kappa shape index (κ3) is 3.45. The summed E-state index contributed by atoms with van der Waals surface area (Å²) in [5.41, 5.74) is 2.02. The second kappa shape index (κ2) is 6.86. The maximum absolute atomic E-state index is 12.0. The van der Waals surface area contributed by atoms with Crippen molar-refractivity contribution >= 4 is 5.91 Å². The fourth-order valence-corrected chi connectivity index (χ4v) is 1.90. The molecule has 2 aromatic rings. The van der Waals surface area contributed by atoms with Gasteiger partial charge in [-0.2, -0.15) is 0 Å². The number of furan rings is 1. The molecule has 0 aliphatic carbocycles. The lowest BCUT2D eigenvalue weighted by Crippen LogP contribution is -2.32. The monoisotopic (exact) mass is 273 g/mol. The minimum atomic E-state index is -0.0982. The largest absolute Gasteiger partial charge is 0.463 e. The molecule has 0 unspecified atom stereocenters. The van der Waals surface area contributed by atoms with Crippen molar-refractivity contribution in [2.75, 3.05) is 19.6 Å². The van der Waals surface area contributed by atoms with Gasteiger partial charge in [-0.1, -0.05) is 6.92 Å². The molecule has 5 heteroatoms. The van der Waals surface area contributed by atoms with Crippen LogP contribution in [0.2, 0.25) is 0 Å². The zero-order valence-electron chi connectivity index (χ0n) is 11.8. The van der Waals surface area contributed by atoms with Crippen LogP contribution in [-0.2, 0) is 0 Å². The SMILES string of the molecule is CCNCCNC(=O)c1ccc(-c2ccco2)nc1C. The molecule has 0 bridgehead atoms. The fraction of sp³-hybridized carbons (Fsp3) is 0.333. The molecule has 5 nitrogen and oxygen atoms in total. The van der Waals surface area contributed by atoms with Crippen molar-refractivity contribution in [3.8, 4) is 11.5 Å². The molecule has 0 fully saturated rings. The van der Waals surface area contributed by atoms with E-state index in [0.717, 1.165) is 18.8 Å². The van der Waals surface area contributed by atoms with Gasteiger partial charge in [0.1, 0.15) is 5.69 Å². The van der Waals surface area contributed by atoms with Crippen LogP contribution in [0.4, 0.5) is 0 Å². The third-order valence-corrected chi connectivity index (χ3v) is 2.94. The van der Waals surface area contributed by atoms with Crippen LogP contribution in [0.1, 0.15) is 23.0 Å². The fourth-order valence-electron chi connectivity index (χ4n) is 1.90. The number of carbonyl (C=O) groups is 1. The van der Waals surface area contributed by atoms with Crippen molar-refractivity contribution in [1.29, 1.82) is 0 Å². The van der Waals surface area contributed by atoms with Gasteiger partial charge in [0, 0.05) is 13.1 Å². The molecule has 0 aromatic carbocycles. The Morgan fingerprint density at radius 2 is 2.15 bits per heavy atom. The Labute approximate surface area is 118 Å². The van der Waals surface area contributed by atoms with E-state index in [0.29, 0.717) is 23.6 Å². The van der Waals surface area contributed by atoms with Crippen molar-refractivity contribution in [3.05, 3.63) is 41.8 Å². The van der Waals surface area contributed by atoms with Gasteiger partial charge >= 0.3 is 0 Å². The van der Waals surface area contributed by atoms with Gasteiger partial charge in [-0.05, 0) is 37.7 Å². The minimum Gasteiger partial charge on any atom is -0.463 e. The molecule has 2 aromatic heterocycles. The number of nitrogens with one attached hydrogen (secondary N) is 2. The summed E-state index contributed by atoms with van der Waals surface area (Å²) >= 11 is 0. The van der Waals surface area contributed by atoms with Gasteiger partial charge < -0.3 is 15.1 Å². The average molecular weight is 273 g/mol. The van der Waals surface area contributed by atoms with E-state index in [1.54, 1.807) is 18.4 Å². The van der Waals surface area contributed by atoms with Gasteiger partial charge in [-0.15, -0.1) is 0 Å². The van der Waals surface area contributed by atoms with E-state index < -0.39 is 0 Å². The van der Waals surface area contributed by atoms with Gasteiger partial charge in [0.05, 0.1) is 17.5 Å². The molecule has 1 amide bonds. The first kappa shape index (κ1) is 14.3. The zero-order valence-corrected chi connectivity index (χ0v) is 11.8. The maximum Gasteiger partial charge on any atom is 0.253 e. The summed E-state index contributed by atoms with van der Waals surface area (Å²) in [5.74, 6) is 0.603. The number of amides is 1. The van der Waals surface area contributed by atoms with Gasteiger partial charge in [0.25, 0.3) is 5.91 Å². The van der Waals surface area contributed by atoms with E-state index in [1.165, 1.54) is 0 Å². The zero-order chi connectivity index (χ0) is 14.4. The van der Waals surface area contributed by atoms with Crippen molar-refractivity contribution in [3.63, 3.8) is 0 Å². The second-order valence-electron chi connectivity index (χ2n) is 4.42. The van der Waals surface area contributed by atoms with Gasteiger partial charge in [0.2, 0.25) is 0 Å². The van der Waals surface area contributed by atoms with Crippen molar-refractivity contribution in [1.82, 2.24) is 15.6 Å². The molecule has 0 atom stereocenters. The van der Waals surface area contributed by atoms with E-state index in [1.807, 2.05) is 26.0 Å². The lowest BCUT2D eigenvalue weighted by molar-refractivity contribution is 0.0953. The lowest BCUT2D eigenvalue weighted by Gasteiger charge is -2.08. The first-order valence-electron chi connectivity index (χ1n) is 6.72. The number of hydrogen-bond acceptors (Lipinski definition) is 4. The third-order valence-electron chi connectivity index (χ3n) is 2.94. The van der Waals surface area contributed by atoms with E-state index in [4.69, 9.17) is 4.42 Å². The summed E-state index contributed by atoms with van der Waals surface area (Å²) in [6, 6.07) is 7.24. The van der Waals surface area contributed by atoms with Gasteiger partial charge in [0.15, 0.2) is 5.76 Å². The Bertz CT molecular complexity index is 565. The lowest BCUT2D eigenvalue weighted by atomic mass is 10.1. The van der Waals surface area contributed by atoms with Crippen LogP contribution in [-0.4, -0.2) is 30.5 Å². The smallest absolute Gasteiger partial charge is 0.253 e. The highest BCUT2D eigenvalue weighted by molar-refractivity contribution is 5.95. The predicted molar refractivity (Wildman–Crippen MR) is 77.6 cm³/mol. The first-order valence-corrected chi connectivity index (χ1v) is 6.72. The molecule has 0 radical (unpaired) electrons. The number of pyridine rings is 1. The van der Waals surface area contributed by atoms with Crippen LogP contribution in [0.15, 0.2) is 34.9 Å². The standard InChI is InChI=1S/C15H19N3O2/c1-3-16-8-9-17-15(19)12-6-7-13(18-11(12)2)14-5-4-10-20-14/h4-7,10,16H,3,8-9H2,1-2H3,(H,17,19). The molecule has 106 valence electrons. The summed E-state index contributed by atoms with van der Waals surface area (Å²) < 4.78 is 5.30. The number of aromatic nitrogens is 1. The number of likely N-dealkylation sites (N-methyl/N-ethyl adjacent to an activating group) is 1. The topological polar surface area (TPSA) is 67.2 Å². The van der Waals surface area contributed by atoms with E-state index in [2.05, 4.69) is 15.6 Å². The summed E-state index contributed by atoms with van der Waals surface area (Å²) in [6.45, 7) is 6.12. The Kier molecular flexibility index (Phi) is 4.90. The summed E-state index contributed by atoms with van der Waals surface area (Å²) in [7, 11) is 0. The Morgan fingerprint density at radius 3 is 2.80 bits per heavy atom. The Balaban J connectivity index is 2.04. The number of rotatable bonds is 6. The first-order chi connectivity index (χ1) is 9.72. The summed E-state index contributed by atoms with van der Waals surface area (Å²) in [5, 5.41) is 6.02. The molecule has 0 aliphatic heterocycles. The highest BCUT2D eigenvalue weighted by Crippen LogP contribution is 2.19. The molecule has 0 saturated carbocycles. The molecule has 0 spiro atoms. The van der Waals surface area contributed by atoms with Gasteiger partial charge in [-0.25, -0.2) is 4.98 Å². The van der Waals surface area contributed by atoms with Crippen LogP contribution in [0, 0.1) is 6.92 Å². The number of carbonyl (C=O) groups excluding carboxylic acids is 1. The molecule has 2 heterocycles. The van der Waals surface area contributed by atoms with Crippen LogP contribution in [0.25, 0.3) is 11.5 Å². The summed E-state index contributed by atoms with van der Waals surface area (Å²) in [4.78, 5) is 16.4. The summed E-state index contributed by atoms with van der Waals surface area (Å²) in [6.07, 6.45) is 1.60. The van der Waals surface area contributed by atoms with E-state index in [9.17, 15) is 4.79 Å². The Hall–Kier alpha value is -2.14.